The maximum Gasteiger partial charge on any atom is 0.291 e. The zero-order chi connectivity index (χ0) is 18.0. The minimum atomic E-state index is -0.330. The molecule has 3 aromatic rings. The number of para-hydroxylation sites is 1. The lowest BCUT2D eigenvalue weighted by Crippen LogP contribution is -2.40. The first-order chi connectivity index (χ1) is 11.8. The normalized spacial score (nSPS) is 11.3. The van der Waals surface area contributed by atoms with Crippen LogP contribution in [-0.2, 0) is 0 Å². The topological polar surface area (TPSA) is 71.3 Å². The average Bonchev–Trinajstić information content (AvgIpc) is 2.98. The van der Waals surface area contributed by atoms with E-state index in [1.165, 1.54) is 0 Å². The van der Waals surface area contributed by atoms with Gasteiger partial charge in [-0.1, -0.05) is 18.2 Å². The summed E-state index contributed by atoms with van der Waals surface area (Å²) >= 11 is 0. The van der Waals surface area contributed by atoms with E-state index in [1.54, 1.807) is 30.3 Å². The molecule has 0 saturated carbocycles. The van der Waals surface area contributed by atoms with Crippen molar-refractivity contribution in [1.29, 1.82) is 0 Å². The van der Waals surface area contributed by atoms with E-state index in [-0.39, 0.29) is 23.1 Å². The third kappa shape index (κ3) is 4.07. The molecule has 0 saturated heterocycles. The zero-order valence-electron chi connectivity index (χ0n) is 14.4. The van der Waals surface area contributed by atoms with Gasteiger partial charge in [-0.2, -0.15) is 0 Å². The first kappa shape index (κ1) is 16.8. The minimum absolute atomic E-state index is 0.150. The van der Waals surface area contributed by atoms with Crippen LogP contribution >= 0.6 is 0 Å². The van der Waals surface area contributed by atoms with E-state index in [0.717, 1.165) is 5.39 Å². The summed E-state index contributed by atoms with van der Waals surface area (Å²) in [6.45, 7) is 5.77. The van der Waals surface area contributed by atoms with E-state index in [2.05, 4.69) is 10.6 Å². The second-order valence-corrected chi connectivity index (χ2v) is 6.88. The van der Waals surface area contributed by atoms with Crippen LogP contribution in [0.3, 0.4) is 0 Å². The van der Waals surface area contributed by atoms with Crippen LogP contribution in [0.15, 0.2) is 59.0 Å². The molecule has 2 N–H and O–H groups in total. The van der Waals surface area contributed by atoms with Gasteiger partial charge in [-0.25, -0.2) is 0 Å². The highest BCUT2D eigenvalue weighted by molar-refractivity contribution is 6.05. The molecule has 5 heteroatoms. The predicted molar refractivity (Wildman–Crippen MR) is 97.8 cm³/mol. The SMILES string of the molecule is CC(C)(C)NC(=O)c1ccc(NC(=O)c2cc3ccccc3o2)cc1. The molecule has 3 rings (SSSR count). The molecule has 0 fully saturated rings. The van der Waals surface area contributed by atoms with Gasteiger partial charge >= 0.3 is 0 Å². The molecular weight excluding hydrogens is 316 g/mol. The Hall–Kier alpha value is -3.08. The number of nitrogens with one attached hydrogen (secondary N) is 2. The fourth-order valence-electron chi connectivity index (χ4n) is 2.40. The van der Waals surface area contributed by atoms with Crippen molar-refractivity contribution in [3.8, 4) is 0 Å². The van der Waals surface area contributed by atoms with Gasteiger partial charge in [0.05, 0.1) is 0 Å². The maximum absolute atomic E-state index is 12.3. The summed E-state index contributed by atoms with van der Waals surface area (Å²) in [6.07, 6.45) is 0. The molecule has 0 unspecified atom stereocenters. The molecule has 128 valence electrons. The van der Waals surface area contributed by atoms with Crippen LogP contribution in [0, 0.1) is 0 Å². The maximum atomic E-state index is 12.3. The largest absolute Gasteiger partial charge is 0.451 e. The Morgan fingerprint density at radius 3 is 2.24 bits per heavy atom. The molecule has 5 nitrogen and oxygen atoms in total. The number of carbonyl (C=O) groups is 2. The number of hydrogen-bond donors (Lipinski definition) is 2. The fourth-order valence-corrected chi connectivity index (χ4v) is 2.40. The molecule has 1 heterocycles. The number of carbonyl (C=O) groups excluding carboxylic acids is 2. The van der Waals surface area contributed by atoms with Gasteiger partial charge in [0.2, 0.25) is 0 Å². The summed E-state index contributed by atoms with van der Waals surface area (Å²) in [5, 5.41) is 6.54. The molecular formula is C20H20N2O3. The van der Waals surface area contributed by atoms with Crippen molar-refractivity contribution in [2.24, 2.45) is 0 Å². The first-order valence-corrected chi connectivity index (χ1v) is 8.04. The van der Waals surface area contributed by atoms with E-state index in [1.807, 2.05) is 45.0 Å². The highest BCUT2D eigenvalue weighted by Gasteiger charge is 2.16. The molecule has 2 aromatic carbocycles. The van der Waals surface area contributed by atoms with Crippen LogP contribution < -0.4 is 10.6 Å². The number of fused-ring (bicyclic) bond motifs is 1. The molecule has 25 heavy (non-hydrogen) atoms. The molecule has 0 aliphatic rings. The Morgan fingerprint density at radius 1 is 0.920 bits per heavy atom. The van der Waals surface area contributed by atoms with E-state index in [9.17, 15) is 9.59 Å². The number of anilines is 1. The number of amides is 2. The summed E-state index contributed by atoms with van der Waals surface area (Å²) in [6, 6.07) is 15.9. The Labute approximate surface area is 146 Å². The lowest BCUT2D eigenvalue weighted by atomic mass is 10.1. The van der Waals surface area contributed by atoms with Crippen molar-refractivity contribution in [3.05, 3.63) is 65.9 Å². The van der Waals surface area contributed by atoms with Crippen LogP contribution in [0.25, 0.3) is 11.0 Å². The van der Waals surface area contributed by atoms with Crippen LogP contribution in [0.4, 0.5) is 5.69 Å². The minimum Gasteiger partial charge on any atom is -0.451 e. The zero-order valence-corrected chi connectivity index (χ0v) is 14.4. The summed E-state index contributed by atoms with van der Waals surface area (Å²) in [5.74, 6) is -0.235. The Kier molecular flexibility index (Phi) is 4.31. The van der Waals surface area contributed by atoms with Crippen molar-refractivity contribution in [2.45, 2.75) is 26.3 Å². The van der Waals surface area contributed by atoms with Gasteiger partial charge in [0.1, 0.15) is 5.58 Å². The van der Waals surface area contributed by atoms with Gasteiger partial charge in [-0.3, -0.25) is 9.59 Å². The van der Waals surface area contributed by atoms with Crippen molar-refractivity contribution in [3.63, 3.8) is 0 Å². The first-order valence-electron chi connectivity index (χ1n) is 8.04. The quantitative estimate of drug-likeness (QED) is 0.752. The highest BCUT2D eigenvalue weighted by Crippen LogP contribution is 2.20. The smallest absolute Gasteiger partial charge is 0.291 e. The third-order valence-corrected chi connectivity index (χ3v) is 3.54. The van der Waals surface area contributed by atoms with Crippen molar-refractivity contribution in [1.82, 2.24) is 5.32 Å². The highest BCUT2D eigenvalue weighted by atomic mass is 16.3. The predicted octanol–water partition coefficient (Wildman–Crippen LogP) is 4.21. The second kappa shape index (κ2) is 6.43. The van der Waals surface area contributed by atoms with Crippen LogP contribution in [-0.4, -0.2) is 17.4 Å². The molecule has 1 aromatic heterocycles. The molecule has 0 radical (unpaired) electrons. The number of hydrogen-bond acceptors (Lipinski definition) is 3. The summed E-state index contributed by atoms with van der Waals surface area (Å²) in [4.78, 5) is 24.4. The molecule has 0 bridgehead atoms. The van der Waals surface area contributed by atoms with E-state index in [0.29, 0.717) is 16.8 Å². The standard InChI is InChI=1S/C20H20N2O3/c1-20(2,3)22-18(23)13-8-10-15(11-9-13)21-19(24)17-12-14-6-4-5-7-16(14)25-17/h4-12H,1-3H3,(H,21,24)(H,22,23). The summed E-state index contributed by atoms with van der Waals surface area (Å²) in [5.41, 5.74) is 1.50. The Morgan fingerprint density at radius 2 is 1.60 bits per heavy atom. The van der Waals surface area contributed by atoms with Crippen LogP contribution in [0.1, 0.15) is 41.7 Å². The molecule has 2 amide bonds. The van der Waals surface area contributed by atoms with Gasteiger partial charge in [-0.15, -0.1) is 0 Å². The average molecular weight is 336 g/mol. The second-order valence-electron chi connectivity index (χ2n) is 6.88. The number of furan rings is 1. The van der Waals surface area contributed by atoms with Crippen molar-refractivity contribution in [2.75, 3.05) is 5.32 Å². The van der Waals surface area contributed by atoms with Crippen molar-refractivity contribution >= 4 is 28.5 Å². The molecule has 0 atom stereocenters. The van der Waals surface area contributed by atoms with Crippen molar-refractivity contribution < 1.29 is 14.0 Å². The number of benzene rings is 2. The number of rotatable bonds is 3. The Bertz CT molecular complexity index is 885. The van der Waals surface area contributed by atoms with Crippen LogP contribution in [0.5, 0.6) is 0 Å². The van der Waals surface area contributed by atoms with Gasteiger partial charge in [0, 0.05) is 22.2 Å². The van der Waals surface area contributed by atoms with Crippen LogP contribution in [0.2, 0.25) is 0 Å². The lowest BCUT2D eigenvalue weighted by Gasteiger charge is -2.20. The molecule has 0 spiro atoms. The van der Waals surface area contributed by atoms with E-state index < -0.39 is 0 Å². The summed E-state index contributed by atoms with van der Waals surface area (Å²) < 4.78 is 5.54. The monoisotopic (exact) mass is 336 g/mol. The fraction of sp³-hybridized carbons (Fsp3) is 0.200. The van der Waals surface area contributed by atoms with E-state index >= 15 is 0 Å². The van der Waals surface area contributed by atoms with Gasteiger partial charge in [0.15, 0.2) is 5.76 Å². The van der Waals surface area contributed by atoms with Gasteiger partial charge in [-0.05, 0) is 57.2 Å². The molecule has 0 aliphatic carbocycles. The lowest BCUT2D eigenvalue weighted by molar-refractivity contribution is 0.0919. The van der Waals surface area contributed by atoms with Gasteiger partial charge < -0.3 is 15.1 Å². The molecule has 0 aliphatic heterocycles. The summed E-state index contributed by atoms with van der Waals surface area (Å²) in [7, 11) is 0. The third-order valence-electron chi connectivity index (χ3n) is 3.54. The Balaban J connectivity index is 1.70. The van der Waals surface area contributed by atoms with E-state index in [4.69, 9.17) is 4.42 Å². The van der Waals surface area contributed by atoms with Gasteiger partial charge in [0.25, 0.3) is 11.8 Å².